The smallest absolute Gasteiger partial charge is 0.0882 e. The fourth-order valence-corrected chi connectivity index (χ4v) is 3.70. The molecule has 2 rings (SSSR count). The maximum Gasteiger partial charge on any atom is 0.0882 e. The average molecular weight is 251 g/mol. The first kappa shape index (κ1) is 13.8. The van der Waals surface area contributed by atoms with Gasteiger partial charge in [-0.3, -0.25) is 0 Å². The van der Waals surface area contributed by atoms with Crippen molar-refractivity contribution >= 4 is 0 Å². The van der Waals surface area contributed by atoms with E-state index >= 15 is 0 Å². The molecule has 2 unspecified atom stereocenters. The summed E-state index contributed by atoms with van der Waals surface area (Å²) in [5, 5.41) is 20.8. The Morgan fingerprint density at radius 2 is 1.89 bits per heavy atom. The van der Waals surface area contributed by atoms with Crippen LogP contribution in [0.2, 0.25) is 0 Å². The van der Waals surface area contributed by atoms with Crippen molar-refractivity contribution in [2.45, 2.75) is 76.4 Å². The number of nitrogens with zero attached hydrogens (tertiary/aromatic N) is 1. The van der Waals surface area contributed by atoms with Crippen molar-refractivity contribution in [2.75, 3.05) is 6.61 Å². The molecule has 0 aromatic rings. The number of hydrogen-bond donors (Lipinski definition) is 1. The molecule has 0 radical (unpaired) electrons. The van der Waals surface area contributed by atoms with Crippen LogP contribution < -0.4 is 0 Å². The molecule has 0 aromatic carbocycles. The molecule has 1 saturated carbocycles. The van der Waals surface area contributed by atoms with Crippen molar-refractivity contribution in [3.8, 4) is 6.07 Å². The van der Waals surface area contributed by atoms with Crippen LogP contribution in [-0.2, 0) is 4.74 Å². The number of ether oxygens (including phenoxy) is 1. The monoisotopic (exact) mass is 251 g/mol. The predicted octanol–water partition coefficient (Wildman–Crippen LogP) is 3.17. The number of aliphatic hydroxyl groups is 1. The predicted molar refractivity (Wildman–Crippen MR) is 70.0 cm³/mol. The van der Waals surface area contributed by atoms with E-state index in [9.17, 15) is 10.4 Å². The summed E-state index contributed by atoms with van der Waals surface area (Å²) in [6.07, 6.45) is 7.12. The Kier molecular flexibility index (Phi) is 3.71. The minimum atomic E-state index is -0.856. The fraction of sp³-hybridized carbons (Fsp3) is 0.933. The largest absolute Gasteiger partial charge is 0.388 e. The van der Waals surface area contributed by atoms with Crippen LogP contribution in [0.1, 0.15) is 65.2 Å². The Morgan fingerprint density at radius 3 is 2.44 bits per heavy atom. The summed E-state index contributed by atoms with van der Waals surface area (Å²) < 4.78 is 5.82. The highest BCUT2D eigenvalue weighted by molar-refractivity contribution is 5.15. The highest BCUT2D eigenvalue weighted by Gasteiger charge is 2.55. The summed E-state index contributed by atoms with van der Waals surface area (Å²) >= 11 is 0. The second-order valence-electron chi connectivity index (χ2n) is 6.36. The van der Waals surface area contributed by atoms with Crippen molar-refractivity contribution in [2.24, 2.45) is 5.41 Å². The van der Waals surface area contributed by atoms with Crippen LogP contribution in [0.5, 0.6) is 0 Å². The van der Waals surface area contributed by atoms with Crippen LogP contribution in [-0.4, -0.2) is 22.9 Å². The lowest BCUT2D eigenvalue weighted by atomic mass is 9.59. The zero-order chi connectivity index (χ0) is 13.3. The van der Waals surface area contributed by atoms with Gasteiger partial charge in [-0.25, -0.2) is 0 Å². The van der Waals surface area contributed by atoms with Crippen LogP contribution >= 0.6 is 0 Å². The van der Waals surface area contributed by atoms with Gasteiger partial charge in [-0.15, -0.1) is 0 Å². The molecule has 0 bridgehead atoms. The molecule has 18 heavy (non-hydrogen) atoms. The van der Waals surface area contributed by atoms with Gasteiger partial charge < -0.3 is 9.84 Å². The Morgan fingerprint density at radius 1 is 1.22 bits per heavy atom. The highest BCUT2D eigenvalue weighted by atomic mass is 16.5. The lowest BCUT2D eigenvalue weighted by molar-refractivity contribution is -0.194. The van der Waals surface area contributed by atoms with Crippen LogP contribution in [0, 0.1) is 16.7 Å². The van der Waals surface area contributed by atoms with Crippen molar-refractivity contribution in [3.63, 3.8) is 0 Å². The molecule has 2 atom stereocenters. The second-order valence-corrected chi connectivity index (χ2v) is 6.36. The van der Waals surface area contributed by atoms with E-state index in [2.05, 4.69) is 19.9 Å². The molecular formula is C15H25NO2. The van der Waals surface area contributed by atoms with Gasteiger partial charge in [0.1, 0.15) is 0 Å². The summed E-state index contributed by atoms with van der Waals surface area (Å²) in [5.74, 6) is 0. The fourth-order valence-electron chi connectivity index (χ4n) is 3.70. The van der Waals surface area contributed by atoms with E-state index in [1.54, 1.807) is 0 Å². The first-order valence-corrected chi connectivity index (χ1v) is 7.27. The minimum Gasteiger partial charge on any atom is -0.388 e. The molecule has 1 aliphatic carbocycles. The molecule has 3 nitrogen and oxygen atoms in total. The van der Waals surface area contributed by atoms with Gasteiger partial charge in [-0.05, 0) is 26.2 Å². The topological polar surface area (TPSA) is 53.2 Å². The average Bonchev–Trinajstić information content (AvgIpc) is 2.39. The summed E-state index contributed by atoms with van der Waals surface area (Å²) in [4.78, 5) is 0. The van der Waals surface area contributed by atoms with Crippen molar-refractivity contribution in [3.05, 3.63) is 0 Å². The third-order valence-corrected chi connectivity index (χ3v) is 5.19. The van der Waals surface area contributed by atoms with Crippen LogP contribution in [0.25, 0.3) is 0 Å². The number of hydrogen-bond acceptors (Lipinski definition) is 3. The zero-order valence-corrected chi connectivity index (χ0v) is 11.7. The Hall–Kier alpha value is -0.590. The van der Waals surface area contributed by atoms with Gasteiger partial charge in [0.25, 0.3) is 0 Å². The van der Waals surface area contributed by atoms with Gasteiger partial charge in [0.2, 0.25) is 0 Å². The van der Waals surface area contributed by atoms with Gasteiger partial charge in [0.15, 0.2) is 0 Å². The Labute approximate surface area is 110 Å². The van der Waals surface area contributed by atoms with E-state index in [4.69, 9.17) is 4.74 Å². The molecule has 102 valence electrons. The number of rotatable bonds is 2. The normalized spacial score (nSPS) is 40.1. The molecule has 1 N–H and O–H groups in total. The summed E-state index contributed by atoms with van der Waals surface area (Å²) in [5.41, 5.74) is -1.66. The van der Waals surface area contributed by atoms with Gasteiger partial charge >= 0.3 is 0 Å². The molecule has 0 spiro atoms. The van der Waals surface area contributed by atoms with Gasteiger partial charge in [0.05, 0.1) is 29.3 Å². The molecule has 1 saturated heterocycles. The van der Waals surface area contributed by atoms with E-state index in [-0.39, 0.29) is 5.60 Å². The third-order valence-electron chi connectivity index (χ3n) is 5.19. The first-order valence-electron chi connectivity index (χ1n) is 7.27. The molecule has 1 heterocycles. The quantitative estimate of drug-likeness (QED) is 0.820. The molecule has 3 heteroatoms. The van der Waals surface area contributed by atoms with E-state index in [0.29, 0.717) is 19.4 Å². The highest BCUT2D eigenvalue weighted by Crippen LogP contribution is 2.51. The summed E-state index contributed by atoms with van der Waals surface area (Å²) in [7, 11) is 0. The van der Waals surface area contributed by atoms with Gasteiger partial charge in [-0.1, -0.05) is 26.2 Å². The first-order chi connectivity index (χ1) is 8.49. The Balaban J connectivity index is 2.26. The van der Waals surface area contributed by atoms with Crippen LogP contribution in [0.3, 0.4) is 0 Å². The lowest BCUT2D eigenvalue weighted by Gasteiger charge is -2.51. The van der Waals surface area contributed by atoms with Crippen molar-refractivity contribution < 1.29 is 9.84 Å². The van der Waals surface area contributed by atoms with Crippen LogP contribution in [0.4, 0.5) is 0 Å². The molecule has 0 aromatic heterocycles. The van der Waals surface area contributed by atoms with Gasteiger partial charge in [0, 0.05) is 12.8 Å². The van der Waals surface area contributed by atoms with Crippen molar-refractivity contribution in [1.82, 2.24) is 0 Å². The Bertz CT molecular complexity index is 343. The third kappa shape index (κ3) is 2.17. The second kappa shape index (κ2) is 4.83. The van der Waals surface area contributed by atoms with E-state index in [1.807, 2.05) is 0 Å². The minimum absolute atomic E-state index is 0.270. The number of nitriles is 1. The lowest BCUT2D eigenvalue weighted by Crippen LogP contribution is -2.57. The maximum absolute atomic E-state index is 11.1. The summed E-state index contributed by atoms with van der Waals surface area (Å²) in [6, 6.07) is 2.48. The van der Waals surface area contributed by atoms with E-state index < -0.39 is 11.0 Å². The van der Waals surface area contributed by atoms with E-state index in [0.717, 1.165) is 32.1 Å². The molecule has 2 aliphatic rings. The van der Waals surface area contributed by atoms with E-state index in [1.165, 1.54) is 6.42 Å². The zero-order valence-electron chi connectivity index (χ0n) is 11.7. The summed E-state index contributed by atoms with van der Waals surface area (Å²) in [6.45, 7) is 4.72. The van der Waals surface area contributed by atoms with Crippen LogP contribution in [0.15, 0.2) is 0 Å². The molecule has 2 fully saturated rings. The molecular weight excluding hydrogens is 226 g/mol. The standard InChI is InChI=1S/C15H25NO2/c1-3-13(2)11-15(17,9-10-18-13)14(12-16)7-5-4-6-8-14/h17H,3-11H2,1-2H3. The van der Waals surface area contributed by atoms with Gasteiger partial charge in [-0.2, -0.15) is 5.26 Å². The molecule has 0 amide bonds. The molecule has 1 aliphatic heterocycles. The van der Waals surface area contributed by atoms with Crippen molar-refractivity contribution in [1.29, 1.82) is 5.26 Å². The SMILES string of the molecule is CCC1(C)CC(O)(C2(C#N)CCCCC2)CCO1. The maximum atomic E-state index is 11.1.